The molecule has 1 heterocycles. The molecule has 1 rings (SSSR count). The first-order valence-corrected chi connectivity index (χ1v) is 3.88. The van der Waals surface area contributed by atoms with E-state index in [1.807, 2.05) is 0 Å². The van der Waals surface area contributed by atoms with Crippen LogP contribution in [-0.4, -0.2) is 24.0 Å². The fourth-order valence-electron chi connectivity index (χ4n) is 0.909. The van der Waals surface area contributed by atoms with Crippen LogP contribution >= 0.6 is 0 Å². The number of ether oxygens (including phenoxy) is 1. The molecule has 0 amide bonds. The average Bonchev–Trinajstić information content (AvgIpc) is 2.27. The lowest BCUT2D eigenvalue weighted by Crippen LogP contribution is -2.25. The van der Waals surface area contributed by atoms with Crippen molar-refractivity contribution in [3.05, 3.63) is 10.4 Å². The van der Waals surface area contributed by atoms with E-state index in [-0.39, 0.29) is 12.5 Å². The van der Waals surface area contributed by atoms with Gasteiger partial charge < -0.3 is 4.74 Å². The Labute approximate surface area is 75.2 Å². The number of carbonyl (C=O) groups is 1. The van der Waals surface area contributed by atoms with Crippen molar-refractivity contribution in [2.24, 2.45) is 10.1 Å². The first-order chi connectivity index (χ1) is 6.06. The summed E-state index contributed by atoms with van der Waals surface area (Å²) in [6.07, 6.45) is 0.374. The lowest BCUT2D eigenvalue weighted by atomic mass is 10.1. The largest absolute Gasteiger partial charge is 0.410 e. The molecule has 0 N–H and O–H groups in total. The van der Waals surface area contributed by atoms with Gasteiger partial charge in [-0.2, -0.15) is 0 Å². The summed E-state index contributed by atoms with van der Waals surface area (Å²) >= 11 is 0. The molecule has 0 aromatic rings. The number of carbonyl (C=O) groups excluding carboxylic acids is 1. The number of cyclic esters (lactones) is 1. The van der Waals surface area contributed by atoms with E-state index in [9.17, 15) is 4.79 Å². The van der Waals surface area contributed by atoms with Crippen LogP contribution in [-0.2, 0) is 9.53 Å². The average molecular weight is 182 g/mol. The summed E-state index contributed by atoms with van der Waals surface area (Å²) in [5, 5.41) is 3.32. The van der Waals surface area contributed by atoms with Crippen LogP contribution in [0.3, 0.4) is 0 Å². The number of azide groups is 1. The molecule has 13 heavy (non-hydrogen) atoms. The summed E-state index contributed by atoms with van der Waals surface area (Å²) in [5.41, 5.74) is 7.22. The Morgan fingerprint density at radius 1 is 1.69 bits per heavy atom. The predicted octanol–water partition coefficient (Wildman–Crippen LogP) is 1.42. The van der Waals surface area contributed by atoms with Gasteiger partial charge in [0.05, 0.1) is 0 Å². The maximum atomic E-state index is 11.1. The first kappa shape index (κ1) is 9.54. The van der Waals surface area contributed by atoms with Gasteiger partial charge in [-0.15, -0.1) is 0 Å². The third kappa shape index (κ3) is 2.19. The number of hydrogen-bond donors (Lipinski definition) is 0. The van der Waals surface area contributed by atoms with Gasteiger partial charge in [-0.05, 0) is 19.4 Å². The van der Waals surface area contributed by atoms with Crippen molar-refractivity contribution < 1.29 is 9.53 Å². The molecule has 0 spiro atoms. The monoisotopic (exact) mass is 182 g/mol. The maximum absolute atomic E-state index is 11.1. The minimum Gasteiger partial charge on any atom is -0.410 e. The quantitative estimate of drug-likeness (QED) is 0.286. The zero-order chi connectivity index (χ0) is 9.90. The van der Waals surface area contributed by atoms with E-state index in [1.54, 1.807) is 13.8 Å². The molecule has 0 atom stereocenters. The highest BCUT2D eigenvalue weighted by molar-refractivity contribution is 5.99. The molecule has 1 aliphatic heterocycles. The summed E-state index contributed by atoms with van der Waals surface area (Å²) in [5.74, 6) is -0.00848. The van der Waals surface area contributed by atoms with Crippen LogP contribution in [0, 0.1) is 0 Å². The summed E-state index contributed by atoms with van der Waals surface area (Å²) in [6.45, 7) is 3.62. The third-order valence-electron chi connectivity index (χ3n) is 1.60. The minimum atomic E-state index is -0.786. The molecule has 0 aromatic heterocycles. The highest BCUT2D eigenvalue weighted by Gasteiger charge is 2.36. The molecule has 70 valence electrons. The topological polar surface area (TPSA) is 87.4 Å². The van der Waals surface area contributed by atoms with E-state index in [4.69, 9.17) is 10.3 Å². The van der Waals surface area contributed by atoms with Crippen molar-refractivity contribution in [2.75, 3.05) is 6.54 Å². The van der Waals surface area contributed by atoms with E-state index < -0.39 is 5.54 Å². The number of rotatable bonds is 3. The molecular formula is C7H10N4O2. The zero-order valence-electron chi connectivity index (χ0n) is 7.52. The normalized spacial score (nSPS) is 18.9. The van der Waals surface area contributed by atoms with E-state index in [2.05, 4.69) is 15.0 Å². The lowest BCUT2D eigenvalue weighted by Gasteiger charge is -2.05. The summed E-state index contributed by atoms with van der Waals surface area (Å²) in [6, 6.07) is 0. The highest BCUT2D eigenvalue weighted by atomic mass is 16.6. The number of hydrogen-bond acceptors (Lipinski definition) is 4. The second-order valence-corrected chi connectivity index (χ2v) is 3.16. The molecule has 6 nitrogen and oxygen atoms in total. The van der Waals surface area contributed by atoms with Gasteiger partial charge in [0.15, 0.2) is 11.4 Å². The van der Waals surface area contributed by atoms with E-state index >= 15 is 0 Å². The Kier molecular flexibility index (Phi) is 2.53. The Hall–Kier alpha value is -1.55. The van der Waals surface area contributed by atoms with Crippen LogP contribution < -0.4 is 0 Å². The second kappa shape index (κ2) is 3.45. The van der Waals surface area contributed by atoms with Crippen molar-refractivity contribution >= 4 is 11.9 Å². The third-order valence-corrected chi connectivity index (χ3v) is 1.60. The van der Waals surface area contributed by atoms with Gasteiger partial charge >= 0.3 is 5.97 Å². The fourth-order valence-corrected chi connectivity index (χ4v) is 0.909. The van der Waals surface area contributed by atoms with Gasteiger partial charge in [0, 0.05) is 17.9 Å². The molecule has 0 saturated heterocycles. The molecular weight excluding hydrogens is 172 g/mol. The molecule has 0 aromatic carbocycles. The van der Waals surface area contributed by atoms with Crippen LogP contribution in [0.15, 0.2) is 10.1 Å². The number of nitrogens with zero attached hydrogens (tertiary/aromatic N) is 4. The van der Waals surface area contributed by atoms with Crippen molar-refractivity contribution in [1.29, 1.82) is 0 Å². The Morgan fingerprint density at radius 2 is 2.38 bits per heavy atom. The van der Waals surface area contributed by atoms with E-state index in [0.717, 1.165) is 0 Å². The van der Waals surface area contributed by atoms with Gasteiger partial charge in [-0.3, -0.25) is 0 Å². The van der Waals surface area contributed by atoms with Gasteiger partial charge in [-0.25, -0.2) is 9.79 Å². The van der Waals surface area contributed by atoms with Gasteiger partial charge in [0.25, 0.3) is 0 Å². The van der Waals surface area contributed by atoms with E-state index in [0.29, 0.717) is 12.3 Å². The smallest absolute Gasteiger partial charge is 0.340 e. The summed E-state index contributed by atoms with van der Waals surface area (Å²) in [7, 11) is 0. The molecule has 1 aliphatic rings. The molecule has 0 fully saturated rings. The number of aliphatic imine (C=N–C) groups is 1. The maximum Gasteiger partial charge on any atom is 0.340 e. The van der Waals surface area contributed by atoms with Crippen molar-refractivity contribution in [3.63, 3.8) is 0 Å². The molecule has 0 unspecified atom stereocenters. The molecule has 0 bridgehead atoms. The molecule has 6 heteroatoms. The second-order valence-electron chi connectivity index (χ2n) is 3.16. The van der Waals surface area contributed by atoms with Crippen molar-refractivity contribution in [3.8, 4) is 0 Å². The Bertz CT molecular complexity index is 302. The predicted molar refractivity (Wildman–Crippen MR) is 46.2 cm³/mol. The molecule has 0 radical (unpaired) electrons. The van der Waals surface area contributed by atoms with E-state index in [1.165, 1.54) is 0 Å². The van der Waals surface area contributed by atoms with Crippen molar-refractivity contribution in [1.82, 2.24) is 0 Å². The minimum absolute atomic E-state index is 0.263. The van der Waals surface area contributed by atoms with Crippen LogP contribution in [0.4, 0.5) is 0 Å². The van der Waals surface area contributed by atoms with Crippen LogP contribution in [0.5, 0.6) is 0 Å². The van der Waals surface area contributed by atoms with Gasteiger partial charge in [0.2, 0.25) is 0 Å². The molecule has 0 saturated carbocycles. The number of esters is 1. The Balaban J connectivity index is 2.55. The van der Waals surface area contributed by atoms with Gasteiger partial charge in [-0.1, -0.05) is 5.11 Å². The SMILES string of the molecule is CC1(C)N=C(CCN=[N+]=[N-])OC1=O. The molecule has 0 aliphatic carbocycles. The highest BCUT2D eigenvalue weighted by Crippen LogP contribution is 2.19. The standard InChI is InChI=1S/C7H10N4O2/c1-7(2)6(12)13-5(10-7)3-4-9-11-8/h3-4H2,1-2H3. The van der Waals surface area contributed by atoms with Crippen LogP contribution in [0.2, 0.25) is 0 Å². The first-order valence-electron chi connectivity index (χ1n) is 3.88. The van der Waals surface area contributed by atoms with Gasteiger partial charge in [0.1, 0.15) is 0 Å². The van der Waals surface area contributed by atoms with Crippen LogP contribution in [0.1, 0.15) is 20.3 Å². The van der Waals surface area contributed by atoms with Crippen molar-refractivity contribution in [2.45, 2.75) is 25.8 Å². The van der Waals surface area contributed by atoms with Crippen LogP contribution in [0.25, 0.3) is 10.4 Å². The summed E-state index contributed by atoms with van der Waals surface area (Å²) < 4.78 is 4.85. The Morgan fingerprint density at radius 3 is 2.85 bits per heavy atom. The fraction of sp³-hybridized carbons (Fsp3) is 0.714. The summed E-state index contributed by atoms with van der Waals surface area (Å²) in [4.78, 5) is 17.7. The lowest BCUT2D eigenvalue weighted by molar-refractivity contribution is -0.137. The zero-order valence-corrected chi connectivity index (χ0v) is 7.52.